The molecule has 2 heterocycles. The maximum Gasteiger partial charge on any atom is 0.407 e. The molecule has 1 aliphatic heterocycles. The second-order valence-corrected chi connectivity index (χ2v) is 21.0. The first kappa shape index (κ1) is 50.7. The SMILES string of the molecule is C=C[C@@H]1C[C@]1(NC(=O)[C@@H]1C[C@@H](Oc2cc(-c3ccccc3)nc3cc(OC)ccc23)CN1C(=O)[C@H](CNC(=O)OCC1c2ccccc2-c2ccccc21)N=C([O-])OC(C)(C)C)C(=O)NS(=O)(=O)c1ccccc1. The lowest BCUT2D eigenvalue weighted by Gasteiger charge is -2.31. The van der Waals surface area contributed by atoms with Gasteiger partial charge in [-0.05, 0) is 52.9 Å². The Hall–Kier alpha value is -8.25. The minimum absolute atomic E-state index is 0.00830. The molecule has 4 amide bonds. The number of nitrogens with zero attached hydrogens (tertiary/aromatic N) is 3. The van der Waals surface area contributed by atoms with Gasteiger partial charge in [0.15, 0.2) is 0 Å². The number of sulfonamides is 1. The Kier molecular flexibility index (Phi) is 14.2. The third kappa shape index (κ3) is 10.8. The van der Waals surface area contributed by atoms with E-state index in [-0.39, 0.29) is 36.8 Å². The topological polar surface area (TPSA) is 227 Å². The number of pyridine rings is 1. The molecular formula is C56H55N6O11S-. The van der Waals surface area contributed by atoms with E-state index < -0.39 is 81.7 Å². The summed E-state index contributed by atoms with van der Waals surface area (Å²) in [6.45, 7) is 7.87. The molecule has 5 atom stereocenters. The summed E-state index contributed by atoms with van der Waals surface area (Å²) in [5.41, 5.74) is 3.16. The highest BCUT2D eigenvalue weighted by molar-refractivity contribution is 7.90. The molecule has 18 heteroatoms. The van der Waals surface area contributed by atoms with E-state index in [0.29, 0.717) is 28.1 Å². The smallest absolute Gasteiger partial charge is 0.407 e. The number of methoxy groups -OCH3 is 1. The first-order chi connectivity index (χ1) is 35.5. The number of likely N-dealkylation sites (tertiary alicyclic amines) is 1. The number of amides is 4. The molecule has 1 saturated heterocycles. The van der Waals surface area contributed by atoms with Gasteiger partial charge in [-0.2, -0.15) is 0 Å². The molecule has 0 unspecified atom stereocenters. The Bertz CT molecular complexity index is 3230. The van der Waals surface area contributed by atoms with Crippen LogP contribution < -0.4 is 29.9 Å². The molecule has 1 saturated carbocycles. The van der Waals surface area contributed by atoms with Crippen LogP contribution in [0.4, 0.5) is 4.79 Å². The second-order valence-electron chi connectivity index (χ2n) is 19.3. The van der Waals surface area contributed by atoms with Gasteiger partial charge in [0.25, 0.3) is 15.9 Å². The summed E-state index contributed by atoms with van der Waals surface area (Å²) >= 11 is 0. The van der Waals surface area contributed by atoms with E-state index in [1.54, 1.807) is 58.2 Å². The number of carbonyl (C=O) groups excluding carboxylic acids is 4. The zero-order valence-corrected chi connectivity index (χ0v) is 42.0. The minimum Gasteiger partial charge on any atom is -0.595 e. The predicted molar refractivity (Wildman–Crippen MR) is 274 cm³/mol. The van der Waals surface area contributed by atoms with Crippen molar-refractivity contribution in [2.45, 2.75) is 73.8 Å². The molecule has 3 N–H and O–H groups in total. The summed E-state index contributed by atoms with van der Waals surface area (Å²) in [7, 11) is -2.83. The molecule has 9 rings (SSSR count). The molecule has 17 nitrogen and oxygen atoms in total. The van der Waals surface area contributed by atoms with Gasteiger partial charge in [-0.25, -0.2) is 22.9 Å². The number of rotatable bonds is 16. The molecule has 74 heavy (non-hydrogen) atoms. The zero-order valence-electron chi connectivity index (χ0n) is 41.1. The molecule has 2 fully saturated rings. The van der Waals surface area contributed by atoms with Crippen LogP contribution in [0.25, 0.3) is 33.3 Å². The number of aliphatic imine (C=N–C) groups is 1. The van der Waals surface area contributed by atoms with Crippen molar-refractivity contribution in [2.75, 3.05) is 26.8 Å². The standard InChI is InChI=1S/C56H56N6O11S/c1-6-35-30-56(35,52(65)61-74(68,69)38-19-11-8-12-20-38)60-50(63)48-28-37(72-49-29-45(34-17-9-7-10-18-34)58-46-27-36(70-5)25-26-43(46)49)32-62(48)51(64)47(59-54(67)73-55(2,3)4)31-57-53(66)71-33-44-41-23-15-13-21-39(41)40-22-14-16-24-42(40)44/h6-27,29,35,37,44,47-48H,1,28,30-33H2,2-5H3,(H,57,66)(H,59,67)(H,60,63)(H,61,65)/p-1/t35-,37-,47+,48+,56-/m1/s1. The van der Waals surface area contributed by atoms with Crippen LogP contribution in [0.2, 0.25) is 0 Å². The van der Waals surface area contributed by atoms with Crippen molar-refractivity contribution in [3.05, 3.63) is 157 Å². The van der Waals surface area contributed by atoms with E-state index in [1.165, 1.54) is 35.2 Å². The zero-order chi connectivity index (χ0) is 52.4. The molecule has 0 bridgehead atoms. The lowest BCUT2D eigenvalue weighted by molar-refractivity contribution is -0.261. The van der Waals surface area contributed by atoms with Crippen LogP contribution in [0, 0.1) is 5.92 Å². The van der Waals surface area contributed by atoms with Crippen molar-refractivity contribution in [3.8, 4) is 33.9 Å². The van der Waals surface area contributed by atoms with E-state index >= 15 is 4.79 Å². The molecular weight excluding hydrogens is 965 g/mol. The van der Waals surface area contributed by atoms with Crippen LogP contribution in [0.5, 0.6) is 11.5 Å². The van der Waals surface area contributed by atoms with Gasteiger partial charge in [0, 0.05) is 46.9 Å². The van der Waals surface area contributed by atoms with E-state index in [1.807, 2.05) is 78.9 Å². The Morgan fingerprint density at radius 3 is 2.19 bits per heavy atom. The summed E-state index contributed by atoms with van der Waals surface area (Å²) in [6.07, 6.45) is -1.59. The third-order valence-electron chi connectivity index (χ3n) is 13.2. The predicted octanol–water partition coefficient (Wildman–Crippen LogP) is 6.26. The molecule has 5 aromatic carbocycles. The highest BCUT2D eigenvalue weighted by Gasteiger charge is 2.61. The Morgan fingerprint density at radius 2 is 1.55 bits per heavy atom. The number of aromatic nitrogens is 1. The van der Waals surface area contributed by atoms with Crippen molar-refractivity contribution in [2.24, 2.45) is 10.9 Å². The fraction of sp³-hybridized carbons (Fsp3) is 0.286. The van der Waals surface area contributed by atoms with Crippen LogP contribution >= 0.6 is 0 Å². The molecule has 2 aliphatic carbocycles. The number of fused-ring (bicyclic) bond motifs is 4. The van der Waals surface area contributed by atoms with Crippen LogP contribution in [-0.4, -0.2) is 104 Å². The van der Waals surface area contributed by atoms with Gasteiger partial charge in [-0.3, -0.25) is 19.4 Å². The quantitative estimate of drug-likeness (QED) is 0.0555. The van der Waals surface area contributed by atoms with Crippen molar-refractivity contribution in [3.63, 3.8) is 0 Å². The van der Waals surface area contributed by atoms with Gasteiger partial charge in [0.05, 0.1) is 36.3 Å². The van der Waals surface area contributed by atoms with Crippen molar-refractivity contribution < 1.29 is 51.6 Å². The van der Waals surface area contributed by atoms with E-state index in [0.717, 1.165) is 27.8 Å². The molecule has 0 radical (unpaired) electrons. The first-order valence-electron chi connectivity index (χ1n) is 24.1. The van der Waals surface area contributed by atoms with Gasteiger partial charge in [0.2, 0.25) is 11.8 Å². The molecule has 3 aliphatic rings. The number of ether oxygens (including phenoxy) is 4. The average molecular weight is 1020 g/mol. The Balaban J connectivity index is 1.02. The number of nitrogens with one attached hydrogen (secondary N) is 3. The minimum atomic E-state index is -4.37. The highest BCUT2D eigenvalue weighted by atomic mass is 32.2. The van der Waals surface area contributed by atoms with Crippen molar-refractivity contribution >= 4 is 50.8 Å². The third-order valence-corrected chi connectivity index (χ3v) is 14.6. The number of hydrogen-bond acceptors (Lipinski definition) is 13. The maximum absolute atomic E-state index is 15.1. The van der Waals surface area contributed by atoms with Crippen LogP contribution in [0.3, 0.4) is 0 Å². The second kappa shape index (κ2) is 20.7. The molecule has 6 aromatic rings. The van der Waals surface area contributed by atoms with E-state index in [4.69, 9.17) is 23.9 Å². The van der Waals surface area contributed by atoms with Crippen molar-refractivity contribution in [1.82, 2.24) is 25.2 Å². The lowest BCUT2D eigenvalue weighted by atomic mass is 9.98. The molecule has 382 valence electrons. The number of carbonyl (C=O) groups is 4. The lowest BCUT2D eigenvalue weighted by Crippen LogP contribution is -2.57. The van der Waals surface area contributed by atoms with Crippen molar-refractivity contribution in [1.29, 1.82) is 0 Å². The Morgan fingerprint density at radius 1 is 0.905 bits per heavy atom. The molecule has 1 aromatic heterocycles. The average Bonchev–Trinajstić information content (AvgIpc) is 3.79. The fourth-order valence-electron chi connectivity index (χ4n) is 9.55. The highest BCUT2D eigenvalue weighted by Crippen LogP contribution is 2.46. The largest absolute Gasteiger partial charge is 0.595 e. The van der Waals surface area contributed by atoms with Crippen LogP contribution in [-0.2, 0) is 33.9 Å². The van der Waals surface area contributed by atoms with Crippen LogP contribution in [0.1, 0.15) is 50.7 Å². The summed E-state index contributed by atoms with van der Waals surface area (Å²) < 4.78 is 52.4. The van der Waals surface area contributed by atoms with Gasteiger partial charge < -0.3 is 39.6 Å². The Labute approximate surface area is 428 Å². The van der Waals surface area contributed by atoms with Gasteiger partial charge in [-0.1, -0.05) is 124 Å². The van der Waals surface area contributed by atoms with Gasteiger partial charge >= 0.3 is 6.09 Å². The normalized spacial score (nSPS) is 19.6. The van der Waals surface area contributed by atoms with Gasteiger partial charge in [0.1, 0.15) is 47.9 Å². The molecule has 0 spiro atoms. The van der Waals surface area contributed by atoms with Gasteiger partial charge in [-0.15, -0.1) is 6.58 Å². The number of alkyl carbamates (subject to hydrolysis) is 1. The fourth-order valence-corrected chi connectivity index (χ4v) is 10.6. The number of benzene rings is 5. The maximum atomic E-state index is 15.1. The van der Waals surface area contributed by atoms with E-state index in [2.05, 4.69) is 26.9 Å². The summed E-state index contributed by atoms with van der Waals surface area (Å²) in [4.78, 5) is 67.6. The summed E-state index contributed by atoms with van der Waals surface area (Å²) in [5.74, 6) is -2.71. The number of hydrogen-bond donors (Lipinski definition) is 3. The summed E-state index contributed by atoms with van der Waals surface area (Å²) in [6, 6.07) is 36.4. The monoisotopic (exact) mass is 1020 g/mol. The van der Waals surface area contributed by atoms with E-state index in [9.17, 15) is 27.9 Å². The summed E-state index contributed by atoms with van der Waals surface area (Å²) in [5, 5.41) is 19.4. The van der Waals surface area contributed by atoms with Crippen LogP contribution in [0.15, 0.2) is 156 Å². The first-order valence-corrected chi connectivity index (χ1v) is 25.6.